The second kappa shape index (κ2) is 5.32. The van der Waals surface area contributed by atoms with Crippen LogP contribution < -0.4 is 4.74 Å². The summed E-state index contributed by atoms with van der Waals surface area (Å²) in [6, 6.07) is 7.97. The lowest BCUT2D eigenvalue weighted by Gasteiger charge is -2.38. The van der Waals surface area contributed by atoms with Gasteiger partial charge in [-0.1, -0.05) is 25.1 Å². The van der Waals surface area contributed by atoms with Crippen molar-refractivity contribution in [2.24, 2.45) is 0 Å². The van der Waals surface area contributed by atoms with Gasteiger partial charge >= 0.3 is 0 Å². The number of benzene rings is 1. The summed E-state index contributed by atoms with van der Waals surface area (Å²) in [5.74, 6) is 2.04. The third-order valence-corrected chi connectivity index (χ3v) is 5.03. The first-order valence-corrected chi connectivity index (χ1v) is 7.16. The predicted molar refractivity (Wildman–Crippen MR) is 72.8 cm³/mol. The molecule has 0 aliphatic carbocycles. The number of methoxy groups -OCH3 is 1. The Morgan fingerprint density at radius 3 is 2.94 bits per heavy atom. The zero-order valence-electron chi connectivity index (χ0n) is 10.5. The maximum atomic E-state index is 10.7. The smallest absolute Gasteiger partial charge is 0.122 e. The van der Waals surface area contributed by atoms with Crippen molar-refractivity contribution in [3.05, 3.63) is 29.8 Å². The molecule has 1 aliphatic heterocycles. The van der Waals surface area contributed by atoms with Gasteiger partial charge in [0.1, 0.15) is 5.75 Å². The largest absolute Gasteiger partial charge is 0.496 e. The number of aliphatic hydroxyl groups is 1. The molecule has 94 valence electrons. The summed E-state index contributed by atoms with van der Waals surface area (Å²) >= 11 is 1.87. The quantitative estimate of drug-likeness (QED) is 0.897. The minimum Gasteiger partial charge on any atom is -0.496 e. The maximum Gasteiger partial charge on any atom is 0.122 e. The minimum absolute atomic E-state index is 0.293. The van der Waals surface area contributed by atoms with Crippen LogP contribution in [0.4, 0.5) is 0 Å². The van der Waals surface area contributed by atoms with E-state index in [1.807, 2.05) is 36.0 Å². The molecule has 0 aromatic heterocycles. The van der Waals surface area contributed by atoms with E-state index in [-0.39, 0.29) is 0 Å². The fraction of sp³-hybridized carbons (Fsp3) is 0.571. The number of hydrogen-bond acceptors (Lipinski definition) is 3. The van der Waals surface area contributed by atoms with Gasteiger partial charge < -0.3 is 9.84 Å². The first-order valence-electron chi connectivity index (χ1n) is 6.11. The van der Waals surface area contributed by atoms with Crippen molar-refractivity contribution in [1.82, 2.24) is 0 Å². The standard InChI is InChI=1S/C14H20O2S/c1-11-14(15,8-5-9-17-11)10-12-6-3-4-7-13(12)16-2/h3-4,6-7,11,15H,5,8-10H2,1-2H3. The van der Waals surface area contributed by atoms with E-state index in [4.69, 9.17) is 4.74 Å². The van der Waals surface area contributed by atoms with Crippen LogP contribution in [0.1, 0.15) is 25.3 Å². The molecule has 2 nitrogen and oxygen atoms in total. The van der Waals surface area contributed by atoms with Crippen molar-refractivity contribution >= 4 is 11.8 Å². The molecule has 2 unspecified atom stereocenters. The van der Waals surface area contributed by atoms with Crippen LogP contribution in [0.15, 0.2) is 24.3 Å². The number of thioether (sulfide) groups is 1. The lowest BCUT2D eigenvalue weighted by Crippen LogP contribution is -2.43. The molecule has 1 saturated heterocycles. The number of ether oxygens (including phenoxy) is 1. The number of rotatable bonds is 3. The van der Waals surface area contributed by atoms with Gasteiger partial charge in [0, 0.05) is 11.7 Å². The van der Waals surface area contributed by atoms with Crippen LogP contribution in [0.2, 0.25) is 0 Å². The summed E-state index contributed by atoms with van der Waals surface area (Å²) in [6.45, 7) is 2.12. The van der Waals surface area contributed by atoms with Gasteiger partial charge in [-0.05, 0) is 30.2 Å². The summed E-state index contributed by atoms with van der Waals surface area (Å²) in [5.41, 5.74) is 0.518. The number of para-hydroxylation sites is 1. The highest BCUT2D eigenvalue weighted by Gasteiger charge is 2.37. The molecule has 1 aromatic rings. The highest BCUT2D eigenvalue weighted by atomic mass is 32.2. The van der Waals surface area contributed by atoms with Gasteiger partial charge in [-0.2, -0.15) is 11.8 Å². The fourth-order valence-corrected chi connectivity index (χ4v) is 3.58. The van der Waals surface area contributed by atoms with Crippen molar-refractivity contribution in [1.29, 1.82) is 0 Å². The Bertz CT molecular complexity index is 380. The second-order valence-corrected chi connectivity index (χ2v) is 6.16. The van der Waals surface area contributed by atoms with E-state index in [2.05, 4.69) is 6.92 Å². The lowest BCUT2D eigenvalue weighted by molar-refractivity contribution is 0.0292. The van der Waals surface area contributed by atoms with E-state index < -0.39 is 5.60 Å². The number of hydrogen-bond donors (Lipinski definition) is 1. The Hall–Kier alpha value is -0.670. The Morgan fingerprint density at radius 1 is 1.47 bits per heavy atom. The Morgan fingerprint density at radius 2 is 2.24 bits per heavy atom. The molecular formula is C14H20O2S. The SMILES string of the molecule is COc1ccccc1CC1(O)CCCSC1C. The van der Waals surface area contributed by atoms with Gasteiger partial charge in [0.15, 0.2) is 0 Å². The van der Waals surface area contributed by atoms with E-state index in [9.17, 15) is 5.11 Å². The first kappa shape index (κ1) is 12.8. The maximum absolute atomic E-state index is 10.7. The van der Waals surface area contributed by atoms with Crippen LogP contribution in [0.5, 0.6) is 5.75 Å². The molecule has 1 heterocycles. The van der Waals surface area contributed by atoms with Crippen LogP contribution >= 0.6 is 11.8 Å². The van der Waals surface area contributed by atoms with E-state index in [1.54, 1.807) is 7.11 Å². The predicted octanol–water partition coefficient (Wildman–Crippen LogP) is 2.88. The van der Waals surface area contributed by atoms with Crippen LogP contribution in [0, 0.1) is 0 Å². The molecule has 2 rings (SSSR count). The monoisotopic (exact) mass is 252 g/mol. The lowest BCUT2D eigenvalue weighted by atomic mass is 9.86. The highest BCUT2D eigenvalue weighted by Crippen LogP contribution is 2.37. The average Bonchev–Trinajstić information content (AvgIpc) is 2.34. The molecule has 1 aromatic carbocycles. The Kier molecular flexibility index (Phi) is 4.00. The van der Waals surface area contributed by atoms with E-state index >= 15 is 0 Å². The van der Waals surface area contributed by atoms with Crippen LogP contribution in [0.25, 0.3) is 0 Å². The molecule has 0 bridgehead atoms. The highest BCUT2D eigenvalue weighted by molar-refractivity contribution is 8.00. The molecule has 17 heavy (non-hydrogen) atoms. The molecular weight excluding hydrogens is 232 g/mol. The van der Waals surface area contributed by atoms with Crippen LogP contribution in [0.3, 0.4) is 0 Å². The van der Waals surface area contributed by atoms with Gasteiger partial charge in [0.05, 0.1) is 12.7 Å². The normalized spacial score (nSPS) is 29.0. The first-order chi connectivity index (χ1) is 8.15. The van der Waals surface area contributed by atoms with Crippen LogP contribution in [-0.4, -0.2) is 28.8 Å². The van der Waals surface area contributed by atoms with Crippen LogP contribution in [-0.2, 0) is 6.42 Å². The average molecular weight is 252 g/mol. The molecule has 0 radical (unpaired) electrons. The third kappa shape index (κ3) is 2.78. The third-order valence-electron chi connectivity index (χ3n) is 3.57. The van der Waals surface area contributed by atoms with E-state index in [0.717, 1.165) is 29.9 Å². The molecule has 1 N–H and O–H groups in total. The van der Waals surface area contributed by atoms with Crippen molar-refractivity contribution < 1.29 is 9.84 Å². The zero-order chi connectivity index (χ0) is 12.3. The molecule has 1 fully saturated rings. The molecule has 2 atom stereocenters. The minimum atomic E-state index is -0.586. The summed E-state index contributed by atoms with van der Waals surface area (Å²) in [4.78, 5) is 0. The van der Waals surface area contributed by atoms with Gasteiger partial charge in [-0.25, -0.2) is 0 Å². The molecule has 0 saturated carbocycles. The molecule has 0 spiro atoms. The van der Waals surface area contributed by atoms with Crippen molar-refractivity contribution in [2.75, 3.05) is 12.9 Å². The van der Waals surface area contributed by atoms with Gasteiger partial charge in [0.25, 0.3) is 0 Å². The molecule has 1 aliphatic rings. The molecule has 3 heteroatoms. The van der Waals surface area contributed by atoms with E-state index in [0.29, 0.717) is 11.7 Å². The fourth-order valence-electron chi connectivity index (χ4n) is 2.41. The van der Waals surface area contributed by atoms with Gasteiger partial charge in [-0.15, -0.1) is 0 Å². The van der Waals surface area contributed by atoms with Crippen molar-refractivity contribution in [2.45, 2.75) is 37.0 Å². The Balaban J connectivity index is 2.18. The summed E-state index contributed by atoms with van der Waals surface area (Å²) in [7, 11) is 1.68. The van der Waals surface area contributed by atoms with Gasteiger partial charge in [-0.3, -0.25) is 0 Å². The topological polar surface area (TPSA) is 29.5 Å². The second-order valence-electron chi connectivity index (χ2n) is 4.71. The summed E-state index contributed by atoms with van der Waals surface area (Å²) < 4.78 is 5.35. The van der Waals surface area contributed by atoms with Gasteiger partial charge in [0.2, 0.25) is 0 Å². The summed E-state index contributed by atoms with van der Waals surface area (Å²) in [5, 5.41) is 11.0. The zero-order valence-corrected chi connectivity index (χ0v) is 11.3. The van der Waals surface area contributed by atoms with Crippen molar-refractivity contribution in [3.8, 4) is 5.75 Å². The van der Waals surface area contributed by atoms with E-state index in [1.165, 1.54) is 0 Å². The Labute approximate surface area is 107 Å². The van der Waals surface area contributed by atoms with Crippen molar-refractivity contribution in [3.63, 3.8) is 0 Å². The molecule has 0 amide bonds. The summed E-state index contributed by atoms with van der Waals surface area (Å²) in [6.07, 6.45) is 2.67.